The summed E-state index contributed by atoms with van der Waals surface area (Å²) in [6.07, 6.45) is 2.09. The van der Waals surface area contributed by atoms with Crippen molar-refractivity contribution < 1.29 is 4.79 Å². The highest BCUT2D eigenvalue weighted by atomic mass is 16.2. The minimum atomic E-state index is -0.187. The van der Waals surface area contributed by atoms with Gasteiger partial charge in [-0.15, -0.1) is 0 Å². The van der Waals surface area contributed by atoms with Gasteiger partial charge in [0.15, 0.2) is 0 Å². The van der Waals surface area contributed by atoms with E-state index in [1.165, 1.54) is 0 Å². The molecule has 0 bridgehead atoms. The highest BCUT2D eigenvalue weighted by Gasteiger charge is 2.27. The molecule has 1 unspecified atom stereocenters. The van der Waals surface area contributed by atoms with Crippen LogP contribution in [0.15, 0.2) is 0 Å². The van der Waals surface area contributed by atoms with Gasteiger partial charge in [0.25, 0.3) is 0 Å². The van der Waals surface area contributed by atoms with Crippen molar-refractivity contribution in [3.8, 4) is 0 Å². The molecule has 0 spiro atoms. The molecule has 3 N–H and O–H groups in total. The number of nitrogens with one attached hydrogen (secondary N) is 1. The molecule has 4 nitrogen and oxygen atoms in total. The Hall–Kier alpha value is -0.610. The summed E-state index contributed by atoms with van der Waals surface area (Å²) in [5, 5.41) is 3.04. The summed E-state index contributed by atoms with van der Waals surface area (Å²) in [5.74, 6) is 0.0860. The van der Waals surface area contributed by atoms with Crippen LogP contribution < -0.4 is 11.1 Å². The Morgan fingerprint density at radius 3 is 2.11 bits per heavy atom. The summed E-state index contributed by atoms with van der Waals surface area (Å²) in [5.41, 5.74) is 5.48. The third kappa shape index (κ3) is 5.83. The second-order valence-electron chi connectivity index (χ2n) is 5.91. The van der Waals surface area contributed by atoms with Crippen molar-refractivity contribution in [1.82, 2.24) is 10.2 Å². The van der Waals surface area contributed by atoms with Gasteiger partial charge in [0, 0.05) is 24.7 Å². The van der Waals surface area contributed by atoms with Crippen LogP contribution in [0.3, 0.4) is 0 Å². The van der Waals surface area contributed by atoms with Crippen molar-refractivity contribution in [2.24, 2.45) is 5.73 Å². The first-order chi connectivity index (χ1) is 8.26. The minimum Gasteiger partial charge on any atom is -0.350 e. The third-order valence-electron chi connectivity index (χ3n) is 3.17. The maximum Gasteiger partial charge on any atom is 0.237 e. The Kier molecular flexibility index (Phi) is 7.48. The highest BCUT2D eigenvalue weighted by molar-refractivity contribution is 5.82. The second kappa shape index (κ2) is 7.74. The molecule has 0 aliphatic rings. The molecule has 0 saturated heterocycles. The molecule has 18 heavy (non-hydrogen) atoms. The van der Waals surface area contributed by atoms with Crippen molar-refractivity contribution in [3.63, 3.8) is 0 Å². The van der Waals surface area contributed by atoms with Crippen LogP contribution in [0.1, 0.15) is 54.4 Å². The molecule has 0 rings (SSSR count). The summed E-state index contributed by atoms with van der Waals surface area (Å²) >= 11 is 0. The summed E-state index contributed by atoms with van der Waals surface area (Å²) in [6.45, 7) is 13.6. The molecule has 108 valence electrons. The Morgan fingerprint density at radius 2 is 1.78 bits per heavy atom. The van der Waals surface area contributed by atoms with E-state index in [1.54, 1.807) is 0 Å². The summed E-state index contributed by atoms with van der Waals surface area (Å²) < 4.78 is 0. The van der Waals surface area contributed by atoms with Gasteiger partial charge >= 0.3 is 0 Å². The van der Waals surface area contributed by atoms with Crippen LogP contribution in [0.4, 0.5) is 0 Å². The van der Waals surface area contributed by atoms with E-state index in [-0.39, 0.29) is 17.5 Å². The topological polar surface area (TPSA) is 58.4 Å². The molecule has 0 aromatic rings. The van der Waals surface area contributed by atoms with Gasteiger partial charge in [-0.05, 0) is 40.5 Å². The number of hydrogen-bond donors (Lipinski definition) is 2. The first kappa shape index (κ1) is 17.4. The summed E-state index contributed by atoms with van der Waals surface area (Å²) in [7, 11) is 0. The Bertz CT molecular complexity index is 244. The van der Waals surface area contributed by atoms with E-state index in [0.717, 1.165) is 19.4 Å². The Labute approximate surface area is 112 Å². The van der Waals surface area contributed by atoms with Gasteiger partial charge in [-0.2, -0.15) is 0 Å². The normalized spacial score (nSPS) is 14.1. The number of amides is 1. The lowest BCUT2D eigenvalue weighted by Gasteiger charge is -2.36. The molecule has 1 amide bonds. The van der Waals surface area contributed by atoms with E-state index in [2.05, 4.69) is 24.1 Å². The zero-order valence-electron chi connectivity index (χ0n) is 12.9. The third-order valence-corrected chi connectivity index (χ3v) is 3.17. The number of carbonyl (C=O) groups is 1. The van der Waals surface area contributed by atoms with Crippen LogP contribution >= 0.6 is 0 Å². The smallest absolute Gasteiger partial charge is 0.237 e. The number of hydrogen-bond acceptors (Lipinski definition) is 3. The summed E-state index contributed by atoms with van der Waals surface area (Å²) in [6, 6.07) is 0.298. The first-order valence-corrected chi connectivity index (χ1v) is 7.04. The van der Waals surface area contributed by atoms with Crippen molar-refractivity contribution in [2.45, 2.75) is 72.0 Å². The predicted octanol–water partition coefficient (Wildman–Crippen LogP) is 1.74. The van der Waals surface area contributed by atoms with Crippen molar-refractivity contribution in [1.29, 1.82) is 0 Å². The van der Waals surface area contributed by atoms with Crippen molar-refractivity contribution in [3.05, 3.63) is 0 Å². The quantitative estimate of drug-likeness (QED) is 0.730. The predicted molar refractivity (Wildman–Crippen MR) is 77.5 cm³/mol. The lowest BCUT2D eigenvalue weighted by molar-refractivity contribution is -0.128. The lowest BCUT2D eigenvalue weighted by Crippen LogP contribution is -2.54. The van der Waals surface area contributed by atoms with Crippen molar-refractivity contribution >= 4 is 5.91 Å². The fraction of sp³-hybridized carbons (Fsp3) is 0.929. The van der Waals surface area contributed by atoms with E-state index >= 15 is 0 Å². The van der Waals surface area contributed by atoms with Gasteiger partial charge in [-0.3, -0.25) is 9.69 Å². The maximum atomic E-state index is 12.2. The van der Waals surface area contributed by atoms with Crippen LogP contribution in [-0.2, 0) is 4.79 Å². The highest BCUT2D eigenvalue weighted by Crippen LogP contribution is 2.13. The number of nitrogens with two attached hydrogens (primary N) is 1. The van der Waals surface area contributed by atoms with E-state index in [0.29, 0.717) is 12.6 Å². The molecule has 0 fully saturated rings. The van der Waals surface area contributed by atoms with Gasteiger partial charge in [0.1, 0.15) is 0 Å². The SMILES string of the molecule is CCC(CC)N(CCN)C(C)C(=O)NC(C)(C)C. The van der Waals surface area contributed by atoms with Gasteiger partial charge in [0.05, 0.1) is 6.04 Å². The minimum absolute atomic E-state index is 0.0860. The van der Waals surface area contributed by atoms with E-state index < -0.39 is 0 Å². The van der Waals surface area contributed by atoms with E-state index in [9.17, 15) is 4.79 Å². The molecule has 0 aromatic carbocycles. The monoisotopic (exact) mass is 257 g/mol. The van der Waals surface area contributed by atoms with Crippen LogP contribution in [0.2, 0.25) is 0 Å². The molecule has 0 heterocycles. The van der Waals surface area contributed by atoms with Crippen LogP contribution in [-0.4, -0.2) is 41.5 Å². The molecule has 0 radical (unpaired) electrons. The van der Waals surface area contributed by atoms with Crippen LogP contribution in [0, 0.1) is 0 Å². The molecule has 0 aromatic heterocycles. The zero-order valence-corrected chi connectivity index (χ0v) is 12.9. The van der Waals surface area contributed by atoms with Crippen molar-refractivity contribution in [2.75, 3.05) is 13.1 Å². The van der Waals surface area contributed by atoms with Crippen LogP contribution in [0.5, 0.6) is 0 Å². The van der Waals surface area contributed by atoms with E-state index in [4.69, 9.17) is 5.73 Å². The molecule has 0 aliphatic heterocycles. The molecule has 1 atom stereocenters. The molecule has 0 aliphatic carbocycles. The summed E-state index contributed by atoms with van der Waals surface area (Å²) in [4.78, 5) is 14.4. The molecular weight excluding hydrogens is 226 g/mol. The fourth-order valence-corrected chi connectivity index (χ4v) is 2.22. The molecule has 4 heteroatoms. The number of rotatable bonds is 7. The number of nitrogens with zero attached hydrogens (tertiary/aromatic N) is 1. The average Bonchev–Trinajstić information content (AvgIpc) is 2.26. The average molecular weight is 257 g/mol. The molecule has 0 saturated carbocycles. The van der Waals surface area contributed by atoms with E-state index in [1.807, 2.05) is 27.7 Å². The number of carbonyl (C=O) groups excluding carboxylic acids is 1. The molecular formula is C14H31N3O. The largest absolute Gasteiger partial charge is 0.350 e. The fourth-order valence-electron chi connectivity index (χ4n) is 2.22. The Balaban J connectivity index is 4.74. The van der Waals surface area contributed by atoms with Gasteiger partial charge in [-0.25, -0.2) is 0 Å². The van der Waals surface area contributed by atoms with Crippen LogP contribution in [0.25, 0.3) is 0 Å². The standard InChI is InChI=1S/C14H31N3O/c1-7-12(8-2)17(10-9-15)11(3)13(18)16-14(4,5)6/h11-12H,7-10,15H2,1-6H3,(H,16,18). The van der Waals surface area contributed by atoms with Gasteiger partial charge < -0.3 is 11.1 Å². The second-order valence-corrected chi connectivity index (χ2v) is 5.91. The lowest BCUT2D eigenvalue weighted by atomic mass is 10.1. The maximum absolute atomic E-state index is 12.2. The first-order valence-electron chi connectivity index (χ1n) is 7.04. The van der Waals surface area contributed by atoms with Gasteiger partial charge in [0.2, 0.25) is 5.91 Å². The Morgan fingerprint density at radius 1 is 1.28 bits per heavy atom. The zero-order chi connectivity index (χ0) is 14.3. The van der Waals surface area contributed by atoms with Gasteiger partial charge in [-0.1, -0.05) is 13.8 Å².